The van der Waals surface area contributed by atoms with E-state index in [1.54, 1.807) is 36.6 Å². The van der Waals surface area contributed by atoms with Gasteiger partial charge in [-0.2, -0.15) is 0 Å². The monoisotopic (exact) mass is 224 g/mol. The van der Waals surface area contributed by atoms with E-state index < -0.39 is 13.0 Å². The second-order valence-electron chi connectivity index (χ2n) is 3.21. The smallest absolute Gasteiger partial charge is 0.272 e. The number of rotatable bonds is 4. The fraction of sp³-hybridized carbons (Fsp3) is 0.167. The van der Waals surface area contributed by atoms with E-state index in [2.05, 4.69) is 0 Å². The van der Waals surface area contributed by atoms with E-state index in [1.807, 2.05) is 6.07 Å². The van der Waals surface area contributed by atoms with E-state index in [-0.39, 0.29) is 0 Å². The van der Waals surface area contributed by atoms with Gasteiger partial charge in [0.05, 0.1) is 6.26 Å². The zero-order valence-corrected chi connectivity index (χ0v) is 8.40. The van der Waals surface area contributed by atoms with Gasteiger partial charge in [0, 0.05) is 5.56 Å². The first kappa shape index (κ1) is 10.7. The Kier molecular flexibility index (Phi) is 3.19. The van der Waals surface area contributed by atoms with Gasteiger partial charge in [-0.1, -0.05) is 12.1 Å². The molecule has 0 N–H and O–H groups in total. The highest BCUT2D eigenvalue weighted by molar-refractivity contribution is 5.59. The lowest BCUT2D eigenvalue weighted by Gasteiger charge is -2.06. The van der Waals surface area contributed by atoms with Crippen LogP contribution in [0, 0.1) is 0 Å². The quantitative estimate of drug-likeness (QED) is 0.791. The van der Waals surface area contributed by atoms with Crippen LogP contribution in [0.4, 0.5) is 8.78 Å². The molecule has 0 fully saturated rings. The molecule has 16 heavy (non-hydrogen) atoms. The van der Waals surface area contributed by atoms with Crippen LogP contribution in [0.25, 0.3) is 11.3 Å². The van der Waals surface area contributed by atoms with Gasteiger partial charge in [0.2, 0.25) is 0 Å². The fourth-order valence-corrected chi connectivity index (χ4v) is 1.34. The van der Waals surface area contributed by atoms with E-state index in [0.717, 1.165) is 5.56 Å². The summed E-state index contributed by atoms with van der Waals surface area (Å²) in [5, 5.41) is 0. The maximum atomic E-state index is 12.0. The third-order valence-electron chi connectivity index (χ3n) is 2.02. The molecule has 0 radical (unpaired) electrons. The lowest BCUT2D eigenvalue weighted by molar-refractivity contribution is 0.0819. The van der Waals surface area contributed by atoms with Crippen LogP contribution in [-0.2, 0) is 0 Å². The van der Waals surface area contributed by atoms with Gasteiger partial charge in [-0.3, -0.25) is 0 Å². The van der Waals surface area contributed by atoms with Gasteiger partial charge in [-0.05, 0) is 24.3 Å². The van der Waals surface area contributed by atoms with Crippen molar-refractivity contribution in [2.75, 3.05) is 6.61 Å². The van der Waals surface area contributed by atoms with E-state index in [0.29, 0.717) is 11.5 Å². The largest absolute Gasteiger partial charge is 0.488 e. The van der Waals surface area contributed by atoms with Crippen LogP contribution in [-0.4, -0.2) is 13.0 Å². The predicted octanol–water partition coefficient (Wildman–Crippen LogP) is 3.59. The van der Waals surface area contributed by atoms with Crippen molar-refractivity contribution in [3.8, 4) is 17.1 Å². The van der Waals surface area contributed by atoms with Crippen molar-refractivity contribution in [3.05, 3.63) is 42.7 Å². The maximum Gasteiger partial charge on any atom is 0.272 e. The van der Waals surface area contributed by atoms with Gasteiger partial charge in [0.1, 0.15) is 18.1 Å². The minimum Gasteiger partial charge on any atom is -0.488 e. The fourth-order valence-electron chi connectivity index (χ4n) is 1.34. The first-order valence-electron chi connectivity index (χ1n) is 4.80. The predicted molar refractivity (Wildman–Crippen MR) is 55.6 cm³/mol. The number of hydrogen-bond acceptors (Lipinski definition) is 2. The summed E-state index contributed by atoms with van der Waals surface area (Å²) < 4.78 is 34.0. The molecule has 1 aromatic heterocycles. The van der Waals surface area contributed by atoms with Crippen LogP contribution >= 0.6 is 0 Å². The number of ether oxygens (including phenoxy) is 1. The number of hydrogen-bond donors (Lipinski definition) is 0. The van der Waals surface area contributed by atoms with Crippen LogP contribution in [0.2, 0.25) is 0 Å². The molecule has 1 heterocycles. The first-order chi connectivity index (χ1) is 7.75. The van der Waals surface area contributed by atoms with Crippen molar-refractivity contribution in [2.45, 2.75) is 6.43 Å². The van der Waals surface area contributed by atoms with Crippen molar-refractivity contribution in [1.29, 1.82) is 0 Å². The van der Waals surface area contributed by atoms with Crippen LogP contribution in [0.15, 0.2) is 47.1 Å². The minimum absolute atomic E-state index is 0.411. The van der Waals surface area contributed by atoms with E-state index in [4.69, 9.17) is 9.15 Å². The topological polar surface area (TPSA) is 22.4 Å². The zero-order chi connectivity index (χ0) is 11.4. The van der Waals surface area contributed by atoms with Crippen LogP contribution in [0.1, 0.15) is 0 Å². The van der Waals surface area contributed by atoms with Gasteiger partial charge in [-0.25, -0.2) is 8.78 Å². The SMILES string of the molecule is FC(F)COc1cccc(-c2ccco2)c1. The summed E-state index contributed by atoms with van der Waals surface area (Å²) in [6, 6.07) is 10.4. The standard InChI is InChI=1S/C12H10F2O2/c13-12(14)8-16-10-4-1-3-9(7-10)11-5-2-6-15-11/h1-7,12H,8H2. The Labute approximate surface area is 91.5 Å². The van der Waals surface area contributed by atoms with Crippen LogP contribution < -0.4 is 4.74 Å². The van der Waals surface area contributed by atoms with Crippen molar-refractivity contribution in [1.82, 2.24) is 0 Å². The molecule has 0 atom stereocenters. The van der Waals surface area contributed by atoms with E-state index in [1.165, 1.54) is 0 Å². The molecule has 0 spiro atoms. The Morgan fingerprint density at radius 3 is 2.75 bits per heavy atom. The van der Waals surface area contributed by atoms with E-state index in [9.17, 15) is 8.78 Å². The van der Waals surface area contributed by atoms with Gasteiger partial charge < -0.3 is 9.15 Å². The lowest BCUT2D eigenvalue weighted by atomic mass is 10.2. The Morgan fingerprint density at radius 1 is 1.19 bits per heavy atom. The average molecular weight is 224 g/mol. The third kappa shape index (κ3) is 2.59. The van der Waals surface area contributed by atoms with Gasteiger partial charge in [0.15, 0.2) is 0 Å². The molecular formula is C12H10F2O2. The first-order valence-corrected chi connectivity index (χ1v) is 4.80. The molecule has 0 bridgehead atoms. The number of furan rings is 1. The van der Waals surface area contributed by atoms with Gasteiger partial charge in [0.25, 0.3) is 6.43 Å². The molecule has 2 rings (SSSR count). The van der Waals surface area contributed by atoms with Gasteiger partial charge in [-0.15, -0.1) is 0 Å². The Morgan fingerprint density at radius 2 is 2.06 bits per heavy atom. The van der Waals surface area contributed by atoms with Crippen molar-refractivity contribution in [3.63, 3.8) is 0 Å². The molecule has 2 nitrogen and oxygen atoms in total. The van der Waals surface area contributed by atoms with Crippen LogP contribution in [0.3, 0.4) is 0 Å². The summed E-state index contributed by atoms with van der Waals surface area (Å²) in [4.78, 5) is 0. The summed E-state index contributed by atoms with van der Waals surface area (Å²) >= 11 is 0. The molecule has 0 unspecified atom stereocenters. The molecule has 0 aliphatic heterocycles. The molecule has 0 aliphatic carbocycles. The number of benzene rings is 1. The number of alkyl halides is 2. The highest BCUT2D eigenvalue weighted by Gasteiger charge is 2.05. The minimum atomic E-state index is -2.47. The van der Waals surface area contributed by atoms with E-state index >= 15 is 0 Å². The van der Waals surface area contributed by atoms with Crippen molar-refractivity contribution >= 4 is 0 Å². The second-order valence-corrected chi connectivity index (χ2v) is 3.21. The number of halogens is 2. The molecule has 0 saturated carbocycles. The Balaban J connectivity index is 2.14. The summed E-state index contributed by atoms with van der Waals surface area (Å²) in [6.07, 6.45) is -0.908. The molecule has 0 amide bonds. The Hall–Kier alpha value is -1.84. The molecule has 84 valence electrons. The summed E-state index contributed by atoms with van der Waals surface area (Å²) in [7, 11) is 0. The highest BCUT2D eigenvalue weighted by atomic mass is 19.3. The normalized spacial score (nSPS) is 10.7. The zero-order valence-electron chi connectivity index (χ0n) is 8.40. The summed E-state index contributed by atoms with van der Waals surface area (Å²) in [5.41, 5.74) is 0.803. The highest BCUT2D eigenvalue weighted by Crippen LogP contribution is 2.24. The summed E-state index contributed by atoms with van der Waals surface area (Å²) in [6.45, 7) is -0.596. The molecule has 0 saturated heterocycles. The van der Waals surface area contributed by atoms with Gasteiger partial charge >= 0.3 is 0 Å². The van der Waals surface area contributed by atoms with Crippen molar-refractivity contribution in [2.24, 2.45) is 0 Å². The molecule has 2 aromatic rings. The van der Waals surface area contributed by atoms with Crippen LogP contribution in [0.5, 0.6) is 5.75 Å². The lowest BCUT2D eigenvalue weighted by Crippen LogP contribution is -2.06. The maximum absolute atomic E-state index is 12.0. The average Bonchev–Trinajstić information content (AvgIpc) is 2.80. The molecule has 4 heteroatoms. The third-order valence-corrected chi connectivity index (χ3v) is 2.02. The molecule has 1 aromatic carbocycles. The molecule has 0 aliphatic rings. The Bertz CT molecular complexity index is 438. The molecular weight excluding hydrogens is 214 g/mol. The second kappa shape index (κ2) is 4.79. The summed E-state index contributed by atoms with van der Waals surface area (Å²) in [5.74, 6) is 1.09. The van der Waals surface area contributed by atoms with Crippen molar-refractivity contribution < 1.29 is 17.9 Å².